The lowest BCUT2D eigenvalue weighted by atomic mass is 10.0. The van der Waals surface area contributed by atoms with Gasteiger partial charge in [0.25, 0.3) is 5.91 Å². The normalized spacial score (nSPS) is 11.6. The number of amides is 1. The summed E-state index contributed by atoms with van der Waals surface area (Å²) in [6.07, 6.45) is 3.24. The van der Waals surface area contributed by atoms with Gasteiger partial charge in [-0.1, -0.05) is 6.92 Å². The fourth-order valence-corrected chi connectivity index (χ4v) is 2.13. The zero-order valence-electron chi connectivity index (χ0n) is 10.9. The molecule has 1 aromatic rings. The molecule has 0 aromatic carbocycles. The zero-order valence-corrected chi connectivity index (χ0v) is 11.6. The van der Waals surface area contributed by atoms with Crippen LogP contribution in [0, 0.1) is 0 Å². The van der Waals surface area contributed by atoms with Crippen LogP contribution in [0.15, 0.2) is 6.20 Å². The van der Waals surface area contributed by atoms with Crippen LogP contribution in [-0.2, 0) is 13.5 Å². The third kappa shape index (κ3) is 3.73. The molecule has 0 spiro atoms. The van der Waals surface area contributed by atoms with Gasteiger partial charge in [-0.2, -0.15) is 5.10 Å². The lowest BCUT2D eigenvalue weighted by molar-refractivity contribution is 0.0910. The maximum atomic E-state index is 12.1. The summed E-state index contributed by atoms with van der Waals surface area (Å²) in [5.74, 6) is 0.450. The second kappa shape index (κ2) is 5.54. The predicted octanol–water partition coefficient (Wildman–Crippen LogP) is 2.12. The maximum Gasteiger partial charge on any atom is 0.255 e. The summed E-state index contributed by atoms with van der Waals surface area (Å²) in [6, 6.07) is 0. The first kappa shape index (κ1) is 14.0. The zero-order chi connectivity index (χ0) is 13.1. The SMILES string of the molecule is CCc1nn(C)cc1C(=O)NC(C)(C)CCCl. The number of rotatable bonds is 5. The molecule has 0 radical (unpaired) electrons. The van der Waals surface area contributed by atoms with Crippen molar-refractivity contribution < 1.29 is 4.79 Å². The summed E-state index contributed by atoms with van der Waals surface area (Å²) in [7, 11) is 1.82. The Balaban J connectivity index is 2.82. The third-order valence-electron chi connectivity index (χ3n) is 2.66. The Bertz CT molecular complexity index is 398. The van der Waals surface area contributed by atoms with Crippen LogP contribution in [0.5, 0.6) is 0 Å². The van der Waals surface area contributed by atoms with Crippen LogP contribution in [0.25, 0.3) is 0 Å². The average molecular weight is 258 g/mol. The van der Waals surface area contributed by atoms with E-state index in [0.29, 0.717) is 11.4 Å². The number of hydrogen-bond donors (Lipinski definition) is 1. The lowest BCUT2D eigenvalue weighted by Crippen LogP contribution is -2.43. The van der Waals surface area contributed by atoms with Gasteiger partial charge in [0.05, 0.1) is 11.3 Å². The van der Waals surface area contributed by atoms with Crippen LogP contribution in [0.3, 0.4) is 0 Å². The third-order valence-corrected chi connectivity index (χ3v) is 2.85. The molecule has 17 heavy (non-hydrogen) atoms. The van der Waals surface area contributed by atoms with E-state index in [4.69, 9.17) is 11.6 Å². The van der Waals surface area contributed by atoms with Crippen LogP contribution in [0.2, 0.25) is 0 Å². The molecule has 1 N–H and O–H groups in total. The van der Waals surface area contributed by atoms with Crippen molar-refractivity contribution in [2.75, 3.05) is 5.88 Å². The molecule has 96 valence electrons. The molecule has 0 fully saturated rings. The van der Waals surface area contributed by atoms with Gasteiger partial charge in [0.15, 0.2) is 0 Å². The van der Waals surface area contributed by atoms with Gasteiger partial charge in [0.1, 0.15) is 0 Å². The molecule has 1 rings (SSSR count). The van der Waals surface area contributed by atoms with Gasteiger partial charge >= 0.3 is 0 Å². The highest BCUT2D eigenvalue weighted by Gasteiger charge is 2.23. The molecule has 0 aliphatic heterocycles. The van der Waals surface area contributed by atoms with Crippen molar-refractivity contribution in [1.29, 1.82) is 0 Å². The molecule has 0 aliphatic rings. The molecule has 1 amide bonds. The van der Waals surface area contributed by atoms with E-state index in [-0.39, 0.29) is 11.4 Å². The van der Waals surface area contributed by atoms with Crippen LogP contribution >= 0.6 is 11.6 Å². The van der Waals surface area contributed by atoms with Crippen molar-refractivity contribution in [3.63, 3.8) is 0 Å². The Morgan fingerprint density at radius 1 is 1.59 bits per heavy atom. The molecular weight excluding hydrogens is 238 g/mol. The monoisotopic (exact) mass is 257 g/mol. The minimum absolute atomic E-state index is 0.0786. The smallest absolute Gasteiger partial charge is 0.255 e. The van der Waals surface area contributed by atoms with Crippen molar-refractivity contribution in [1.82, 2.24) is 15.1 Å². The van der Waals surface area contributed by atoms with Crippen LogP contribution < -0.4 is 5.32 Å². The first-order valence-electron chi connectivity index (χ1n) is 5.80. The summed E-state index contributed by atoms with van der Waals surface area (Å²) in [4.78, 5) is 12.1. The Hall–Kier alpha value is -1.03. The molecule has 0 unspecified atom stereocenters. The lowest BCUT2D eigenvalue weighted by Gasteiger charge is -2.25. The fourth-order valence-electron chi connectivity index (χ4n) is 1.66. The predicted molar refractivity (Wildman–Crippen MR) is 69.5 cm³/mol. The summed E-state index contributed by atoms with van der Waals surface area (Å²) in [5, 5.41) is 7.24. The molecule has 0 aliphatic carbocycles. The Labute approximate surface area is 107 Å². The number of nitrogens with one attached hydrogen (secondary N) is 1. The number of alkyl halides is 1. The summed E-state index contributed by atoms with van der Waals surface area (Å²) in [6.45, 7) is 5.92. The second-order valence-corrected chi connectivity index (χ2v) is 5.17. The van der Waals surface area contributed by atoms with E-state index in [1.807, 2.05) is 27.8 Å². The summed E-state index contributed by atoms with van der Waals surface area (Å²) >= 11 is 5.71. The van der Waals surface area contributed by atoms with Gasteiger partial charge in [-0.15, -0.1) is 11.6 Å². The number of carbonyl (C=O) groups excluding carboxylic acids is 1. The standard InChI is InChI=1S/C12H20ClN3O/c1-5-10-9(8-16(4)15-10)11(17)14-12(2,3)6-7-13/h8H,5-7H2,1-4H3,(H,14,17). The summed E-state index contributed by atoms with van der Waals surface area (Å²) < 4.78 is 1.67. The molecule has 1 aromatic heterocycles. The Morgan fingerprint density at radius 2 is 2.24 bits per heavy atom. The molecule has 0 saturated heterocycles. The van der Waals surface area contributed by atoms with Gasteiger partial charge in [0, 0.05) is 24.7 Å². The Kier molecular flexibility index (Phi) is 4.57. The minimum atomic E-state index is -0.292. The number of aromatic nitrogens is 2. The van der Waals surface area contributed by atoms with E-state index in [2.05, 4.69) is 10.4 Å². The molecular formula is C12H20ClN3O. The van der Waals surface area contributed by atoms with E-state index < -0.39 is 0 Å². The number of aryl methyl sites for hydroxylation is 2. The largest absolute Gasteiger partial charge is 0.347 e. The van der Waals surface area contributed by atoms with Crippen molar-refractivity contribution in [3.8, 4) is 0 Å². The molecule has 4 nitrogen and oxygen atoms in total. The highest BCUT2D eigenvalue weighted by atomic mass is 35.5. The first-order valence-corrected chi connectivity index (χ1v) is 6.34. The number of halogens is 1. The Morgan fingerprint density at radius 3 is 2.76 bits per heavy atom. The van der Waals surface area contributed by atoms with E-state index in [1.165, 1.54) is 0 Å². The number of carbonyl (C=O) groups is 1. The number of hydrogen-bond acceptors (Lipinski definition) is 2. The van der Waals surface area contributed by atoms with E-state index in [0.717, 1.165) is 18.5 Å². The van der Waals surface area contributed by atoms with Crippen LogP contribution in [0.4, 0.5) is 0 Å². The van der Waals surface area contributed by atoms with Crippen LogP contribution in [0.1, 0.15) is 43.2 Å². The highest BCUT2D eigenvalue weighted by Crippen LogP contribution is 2.13. The fraction of sp³-hybridized carbons (Fsp3) is 0.667. The van der Waals surface area contributed by atoms with Crippen LogP contribution in [-0.4, -0.2) is 27.1 Å². The van der Waals surface area contributed by atoms with E-state index >= 15 is 0 Å². The average Bonchev–Trinajstić information content (AvgIpc) is 2.58. The topological polar surface area (TPSA) is 46.9 Å². The second-order valence-electron chi connectivity index (χ2n) is 4.79. The molecule has 0 atom stereocenters. The van der Waals surface area contributed by atoms with Crippen molar-refractivity contribution >= 4 is 17.5 Å². The minimum Gasteiger partial charge on any atom is -0.347 e. The number of nitrogens with zero attached hydrogens (tertiary/aromatic N) is 2. The summed E-state index contributed by atoms with van der Waals surface area (Å²) in [5.41, 5.74) is 1.18. The molecule has 5 heteroatoms. The van der Waals surface area contributed by atoms with Gasteiger partial charge in [-0.05, 0) is 26.7 Å². The quantitative estimate of drug-likeness (QED) is 0.822. The van der Waals surface area contributed by atoms with E-state index in [9.17, 15) is 4.79 Å². The van der Waals surface area contributed by atoms with Crippen molar-refractivity contribution in [3.05, 3.63) is 17.5 Å². The highest BCUT2D eigenvalue weighted by molar-refractivity contribution is 6.17. The van der Waals surface area contributed by atoms with E-state index in [1.54, 1.807) is 10.9 Å². The molecule has 0 saturated carbocycles. The van der Waals surface area contributed by atoms with Gasteiger partial charge < -0.3 is 5.32 Å². The molecule has 0 bridgehead atoms. The maximum absolute atomic E-state index is 12.1. The van der Waals surface area contributed by atoms with Crippen molar-refractivity contribution in [2.45, 2.75) is 39.2 Å². The first-order chi connectivity index (χ1) is 7.89. The molecule has 1 heterocycles. The van der Waals surface area contributed by atoms with Crippen molar-refractivity contribution in [2.24, 2.45) is 7.05 Å². The van der Waals surface area contributed by atoms with Gasteiger partial charge in [-0.25, -0.2) is 0 Å². The van der Waals surface area contributed by atoms with Gasteiger partial charge in [0.2, 0.25) is 0 Å². The van der Waals surface area contributed by atoms with Gasteiger partial charge in [-0.3, -0.25) is 9.48 Å².